The summed E-state index contributed by atoms with van der Waals surface area (Å²) in [5, 5.41) is 2.73. The van der Waals surface area contributed by atoms with Crippen LogP contribution >= 0.6 is 0 Å². The van der Waals surface area contributed by atoms with E-state index in [0.29, 0.717) is 5.92 Å². The molecule has 228 valence electrons. The number of para-hydroxylation sites is 2. The molecule has 47 heavy (non-hydrogen) atoms. The molecule has 0 unspecified atom stereocenters. The van der Waals surface area contributed by atoms with E-state index in [1.165, 1.54) is 87.5 Å². The second-order valence-corrected chi connectivity index (χ2v) is 12.7. The molecule has 0 spiro atoms. The van der Waals surface area contributed by atoms with Gasteiger partial charge in [-0.05, 0) is 87.7 Å². The third kappa shape index (κ3) is 5.75. The highest BCUT2D eigenvalue weighted by Crippen LogP contribution is 2.48. The van der Waals surface area contributed by atoms with Crippen LogP contribution in [0.2, 0.25) is 0 Å². The van der Waals surface area contributed by atoms with Crippen LogP contribution in [0.4, 0.5) is 17.1 Å². The second-order valence-electron chi connectivity index (χ2n) is 12.7. The standard InChI is InChI=1S/C46H39N/c1-5-17-34(18-6-1)38-31-32-45(43(33-38)36-21-9-3-10-22-36)47(39-25-11-4-12-26-39)44-30-14-13-27-41(44)42-29-16-24-37-23-15-28-40(46(37)42)35-19-7-2-8-20-35/h1,3-6,9-18,21-33,35H,2,7-8,19-20H2. The lowest BCUT2D eigenvalue weighted by Crippen LogP contribution is -2.12. The summed E-state index contributed by atoms with van der Waals surface area (Å²) in [4.78, 5) is 2.47. The van der Waals surface area contributed by atoms with E-state index in [4.69, 9.17) is 0 Å². The van der Waals surface area contributed by atoms with Crippen LogP contribution in [0.3, 0.4) is 0 Å². The Kier molecular flexibility index (Phi) is 8.12. The molecule has 1 nitrogen and oxygen atoms in total. The highest BCUT2D eigenvalue weighted by atomic mass is 15.1. The number of hydrogen-bond acceptors (Lipinski definition) is 1. The average Bonchev–Trinajstić information content (AvgIpc) is 3.16. The maximum atomic E-state index is 2.47. The van der Waals surface area contributed by atoms with Crippen molar-refractivity contribution in [2.45, 2.75) is 38.0 Å². The summed E-state index contributed by atoms with van der Waals surface area (Å²) < 4.78 is 0. The molecule has 0 saturated heterocycles. The fourth-order valence-electron chi connectivity index (χ4n) is 7.62. The van der Waals surface area contributed by atoms with E-state index in [2.05, 4.69) is 175 Å². The van der Waals surface area contributed by atoms with Crippen LogP contribution in [-0.4, -0.2) is 0 Å². The number of nitrogens with zero attached hydrogens (tertiary/aromatic N) is 1. The summed E-state index contributed by atoms with van der Waals surface area (Å²) in [5.41, 5.74) is 12.4. The Morgan fingerprint density at radius 1 is 0.404 bits per heavy atom. The van der Waals surface area contributed by atoms with E-state index in [0.717, 1.165) is 11.4 Å². The molecule has 0 radical (unpaired) electrons. The van der Waals surface area contributed by atoms with Gasteiger partial charge < -0.3 is 4.90 Å². The molecule has 0 atom stereocenters. The summed E-state index contributed by atoms with van der Waals surface area (Å²) in [5.74, 6) is 0.612. The molecule has 1 aliphatic rings. The third-order valence-electron chi connectivity index (χ3n) is 9.86. The minimum absolute atomic E-state index is 0.612. The molecule has 7 aromatic rings. The minimum atomic E-state index is 0.612. The lowest BCUT2D eigenvalue weighted by Gasteiger charge is -2.31. The third-order valence-corrected chi connectivity index (χ3v) is 9.86. The zero-order valence-corrected chi connectivity index (χ0v) is 26.7. The summed E-state index contributed by atoms with van der Waals surface area (Å²) >= 11 is 0. The molecule has 7 aromatic carbocycles. The Morgan fingerprint density at radius 3 is 1.74 bits per heavy atom. The first-order chi connectivity index (χ1) is 23.3. The van der Waals surface area contributed by atoms with Gasteiger partial charge in [0.25, 0.3) is 0 Å². The summed E-state index contributed by atoms with van der Waals surface area (Å²) in [6, 6.07) is 62.1. The summed E-state index contributed by atoms with van der Waals surface area (Å²) in [6.07, 6.45) is 6.56. The van der Waals surface area contributed by atoms with Crippen molar-refractivity contribution in [3.05, 3.63) is 175 Å². The van der Waals surface area contributed by atoms with Gasteiger partial charge in [-0.2, -0.15) is 0 Å². The van der Waals surface area contributed by atoms with Crippen LogP contribution in [0.1, 0.15) is 43.6 Å². The van der Waals surface area contributed by atoms with Crippen LogP contribution in [0.15, 0.2) is 170 Å². The van der Waals surface area contributed by atoms with Gasteiger partial charge in [0.15, 0.2) is 0 Å². The molecular formula is C46H39N. The Morgan fingerprint density at radius 2 is 1.00 bits per heavy atom. The van der Waals surface area contributed by atoms with Crippen molar-refractivity contribution in [1.29, 1.82) is 0 Å². The zero-order chi connectivity index (χ0) is 31.4. The van der Waals surface area contributed by atoms with Crippen molar-refractivity contribution in [3.8, 4) is 33.4 Å². The SMILES string of the molecule is c1ccc(-c2ccc(N(c3ccccc3)c3ccccc3-c3cccc4cccc(C5CCCCC5)c34)c(-c3ccccc3)c2)cc1. The van der Waals surface area contributed by atoms with Gasteiger partial charge in [-0.15, -0.1) is 0 Å². The normalized spacial score (nSPS) is 13.4. The average molecular weight is 606 g/mol. The van der Waals surface area contributed by atoms with Gasteiger partial charge in [0, 0.05) is 16.8 Å². The molecule has 0 amide bonds. The van der Waals surface area contributed by atoms with Crippen LogP contribution in [0.5, 0.6) is 0 Å². The predicted molar refractivity (Wildman–Crippen MR) is 201 cm³/mol. The van der Waals surface area contributed by atoms with Crippen molar-refractivity contribution in [2.75, 3.05) is 4.90 Å². The zero-order valence-electron chi connectivity index (χ0n) is 26.7. The fourth-order valence-corrected chi connectivity index (χ4v) is 7.62. The molecule has 0 bridgehead atoms. The van der Waals surface area contributed by atoms with Crippen LogP contribution < -0.4 is 4.90 Å². The number of hydrogen-bond donors (Lipinski definition) is 0. The quantitative estimate of drug-likeness (QED) is 0.175. The first-order valence-corrected chi connectivity index (χ1v) is 17.1. The van der Waals surface area contributed by atoms with Crippen molar-refractivity contribution < 1.29 is 0 Å². The van der Waals surface area contributed by atoms with Crippen LogP contribution in [-0.2, 0) is 0 Å². The van der Waals surface area contributed by atoms with Crippen molar-refractivity contribution in [1.82, 2.24) is 0 Å². The summed E-state index contributed by atoms with van der Waals surface area (Å²) in [6.45, 7) is 0. The van der Waals surface area contributed by atoms with Gasteiger partial charge in [-0.25, -0.2) is 0 Å². The van der Waals surface area contributed by atoms with Crippen LogP contribution in [0, 0.1) is 0 Å². The van der Waals surface area contributed by atoms with Gasteiger partial charge in [-0.3, -0.25) is 0 Å². The number of anilines is 3. The van der Waals surface area contributed by atoms with Gasteiger partial charge in [0.05, 0.1) is 11.4 Å². The van der Waals surface area contributed by atoms with E-state index in [-0.39, 0.29) is 0 Å². The smallest absolute Gasteiger partial charge is 0.0540 e. The van der Waals surface area contributed by atoms with E-state index in [1.807, 2.05) is 0 Å². The monoisotopic (exact) mass is 605 g/mol. The highest BCUT2D eigenvalue weighted by Gasteiger charge is 2.24. The number of rotatable bonds is 7. The molecule has 8 rings (SSSR count). The Labute approximate surface area is 278 Å². The molecular weight excluding hydrogens is 567 g/mol. The maximum Gasteiger partial charge on any atom is 0.0540 e. The lowest BCUT2D eigenvalue weighted by molar-refractivity contribution is 0.445. The predicted octanol–water partition coefficient (Wildman–Crippen LogP) is 13.4. The van der Waals surface area contributed by atoms with Gasteiger partial charge >= 0.3 is 0 Å². The number of fused-ring (bicyclic) bond motifs is 1. The van der Waals surface area contributed by atoms with Crippen molar-refractivity contribution in [3.63, 3.8) is 0 Å². The first kappa shape index (κ1) is 29.0. The fraction of sp³-hybridized carbons (Fsp3) is 0.130. The van der Waals surface area contributed by atoms with E-state index in [9.17, 15) is 0 Å². The Hall–Kier alpha value is -5.40. The van der Waals surface area contributed by atoms with Crippen molar-refractivity contribution in [2.24, 2.45) is 0 Å². The van der Waals surface area contributed by atoms with E-state index >= 15 is 0 Å². The lowest BCUT2D eigenvalue weighted by atomic mass is 9.80. The summed E-state index contributed by atoms with van der Waals surface area (Å²) in [7, 11) is 0. The molecule has 1 fully saturated rings. The van der Waals surface area contributed by atoms with E-state index in [1.54, 1.807) is 0 Å². The van der Waals surface area contributed by atoms with Crippen molar-refractivity contribution >= 4 is 27.8 Å². The topological polar surface area (TPSA) is 3.24 Å². The molecule has 0 aromatic heterocycles. The first-order valence-electron chi connectivity index (χ1n) is 17.1. The molecule has 0 heterocycles. The van der Waals surface area contributed by atoms with Gasteiger partial charge in [0.1, 0.15) is 0 Å². The van der Waals surface area contributed by atoms with Gasteiger partial charge in [-0.1, -0.05) is 159 Å². The van der Waals surface area contributed by atoms with Gasteiger partial charge in [0.2, 0.25) is 0 Å². The Balaban J connectivity index is 1.38. The molecule has 1 aliphatic carbocycles. The largest absolute Gasteiger partial charge is 0.309 e. The maximum absolute atomic E-state index is 2.47. The molecule has 1 saturated carbocycles. The Bertz CT molecular complexity index is 2100. The van der Waals surface area contributed by atoms with E-state index < -0.39 is 0 Å². The van der Waals surface area contributed by atoms with Crippen LogP contribution in [0.25, 0.3) is 44.2 Å². The number of benzene rings is 7. The molecule has 0 N–H and O–H groups in total. The highest BCUT2D eigenvalue weighted by molar-refractivity contribution is 6.04. The minimum Gasteiger partial charge on any atom is -0.309 e. The molecule has 1 heteroatoms. The molecule has 0 aliphatic heterocycles. The second kappa shape index (κ2) is 13.1.